The lowest BCUT2D eigenvalue weighted by atomic mass is 10.1. The van der Waals surface area contributed by atoms with Gasteiger partial charge in [-0.15, -0.1) is 0 Å². The van der Waals surface area contributed by atoms with Crippen molar-refractivity contribution < 1.29 is 19.2 Å². The number of methoxy groups -OCH3 is 1. The van der Waals surface area contributed by atoms with E-state index in [0.717, 1.165) is 0 Å². The average molecular weight is 234 g/mol. The maximum absolute atomic E-state index is 10.8. The van der Waals surface area contributed by atoms with Crippen LogP contribution < -0.4 is 0 Å². The zero-order valence-corrected chi connectivity index (χ0v) is 9.08. The lowest BCUT2D eigenvalue weighted by Crippen LogP contribution is -1.95. The normalized spacial score (nSPS) is 10.4. The number of carboxylic acids is 1. The summed E-state index contributed by atoms with van der Waals surface area (Å²) < 4.78 is 9.86. The third-order valence-corrected chi connectivity index (χ3v) is 2.10. The Bertz CT molecular complexity index is 536. The van der Waals surface area contributed by atoms with Crippen molar-refractivity contribution in [3.63, 3.8) is 0 Å². The average Bonchev–Trinajstić information content (AvgIpc) is 2.78. The van der Waals surface area contributed by atoms with Crippen molar-refractivity contribution in [3.8, 4) is 11.5 Å². The van der Waals surface area contributed by atoms with Gasteiger partial charge < -0.3 is 14.4 Å². The summed E-state index contributed by atoms with van der Waals surface area (Å²) in [5.74, 6) is -0.299. The van der Waals surface area contributed by atoms with Crippen LogP contribution in [0.5, 0.6) is 0 Å². The van der Waals surface area contributed by atoms with Crippen molar-refractivity contribution in [2.24, 2.45) is 0 Å². The first kappa shape index (κ1) is 11.3. The monoisotopic (exact) mass is 234 g/mol. The second-order valence-corrected chi connectivity index (χ2v) is 3.33. The second-order valence-electron chi connectivity index (χ2n) is 3.33. The summed E-state index contributed by atoms with van der Waals surface area (Å²) in [7, 11) is 1.53. The maximum atomic E-state index is 10.8. The van der Waals surface area contributed by atoms with Gasteiger partial charge in [0.1, 0.15) is 6.61 Å². The number of aromatic nitrogens is 2. The standard InChI is InChI=1S/C11H10N2O4/c1-16-6-9-12-10(17-13-9)7-3-2-4-8(5-7)11(14)15/h2-5H,6H2,1H3,(H,14,15). The van der Waals surface area contributed by atoms with E-state index in [0.29, 0.717) is 11.4 Å². The van der Waals surface area contributed by atoms with Gasteiger partial charge in [-0.25, -0.2) is 4.79 Å². The van der Waals surface area contributed by atoms with E-state index in [1.165, 1.54) is 19.2 Å². The van der Waals surface area contributed by atoms with E-state index in [2.05, 4.69) is 10.1 Å². The number of ether oxygens (including phenoxy) is 1. The summed E-state index contributed by atoms with van der Waals surface area (Å²) in [6, 6.07) is 6.31. The topological polar surface area (TPSA) is 85.5 Å². The van der Waals surface area contributed by atoms with Crippen molar-refractivity contribution in [2.75, 3.05) is 7.11 Å². The predicted molar refractivity (Wildman–Crippen MR) is 57.4 cm³/mol. The van der Waals surface area contributed by atoms with Crippen LogP contribution in [0.3, 0.4) is 0 Å². The van der Waals surface area contributed by atoms with Gasteiger partial charge in [-0.1, -0.05) is 11.2 Å². The van der Waals surface area contributed by atoms with Crippen molar-refractivity contribution in [1.29, 1.82) is 0 Å². The molecule has 0 aliphatic rings. The maximum Gasteiger partial charge on any atom is 0.335 e. The lowest BCUT2D eigenvalue weighted by molar-refractivity contribution is 0.0697. The molecule has 0 unspecified atom stereocenters. The zero-order chi connectivity index (χ0) is 12.3. The van der Waals surface area contributed by atoms with Crippen molar-refractivity contribution in [1.82, 2.24) is 10.1 Å². The van der Waals surface area contributed by atoms with E-state index in [-0.39, 0.29) is 18.1 Å². The van der Waals surface area contributed by atoms with E-state index in [9.17, 15) is 4.79 Å². The molecule has 6 heteroatoms. The Balaban J connectivity index is 2.32. The van der Waals surface area contributed by atoms with Crippen LogP contribution in [0.4, 0.5) is 0 Å². The first-order valence-corrected chi connectivity index (χ1v) is 4.86. The van der Waals surface area contributed by atoms with Gasteiger partial charge in [0.05, 0.1) is 5.56 Å². The van der Waals surface area contributed by atoms with Crippen LogP contribution in [0.1, 0.15) is 16.2 Å². The molecule has 0 saturated heterocycles. The molecule has 0 fully saturated rings. The first-order chi connectivity index (χ1) is 8.20. The van der Waals surface area contributed by atoms with E-state index in [1.807, 2.05) is 0 Å². The molecule has 0 atom stereocenters. The number of carboxylic acid groups (broad SMARTS) is 1. The van der Waals surface area contributed by atoms with Crippen molar-refractivity contribution >= 4 is 5.97 Å². The van der Waals surface area contributed by atoms with Crippen molar-refractivity contribution in [3.05, 3.63) is 35.7 Å². The molecule has 0 saturated carbocycles. The number of hydrogen-bond acceptors (Lipinski definition) is 5. The molecule has 2 rings (SSSR count). The molecule has 6 nitrogen and oxygen atoms in total. The summed E-state index contributed by atoms with van der Waals surface area (Å²) >= 11 is 0. The molecule has 1 N–H and O–H groups in total. The highest BCUT2D eigenvalue weighted by atomic mass is 16.5. The minimum Gasteiger partial charge on any atom is -0.478 e. The smallest absolute Gasteiger partial charge is 0.335 e. The van der Waals surface area contributed by atoms with E-state index in [4.69, 9.17) is 14.4 Å². The third kappa shape index (κ3) is 2.48. The summed E-state index contributed by atoms with van der Waals surface area (Å²) in [5.41, 5.74) is 0.744. The molecule has 1 aromatic carbocycles. The molecular weight excluding hydrogens is 224 g/mol. The van der Waals surface area contributed by atoms with Crippen molar-refractivity contribution in [2.45, 2.75) is 6.61 Å². The fourth-order valence-electron chi connectivity index (χ4n) is 1.34. The lowest BCUT2D eigenvalue weighted by Gasteiger charge is -1.96. The Labute approximate surface area is 96.8 Å². The fraction of sp³-hybridized carbons (Fsp3) is 0.182. The Hall–Kier alpha value is -2.21. The summed E-state index contributed by atoms with van der Waals surface area (Å²) in [5, 5.41) is 12.6. The highest BCUT2D eigenvalue weighted by Gasteiger charge is 2.10. The number of benzene rings is 1. The molecule has 17 heavy (non-hydrogen) atoms. The third-order valence-electron chi connectivity index (χ3n) is 2.10. The van der Waals surface area contributed by atoms with Gasteiger partial charge in [0.2, 0.25) is 0 Å². The Morgan fingerprint density at radius 3 is 3.06 bits per heavy atom. The molecule has 1 heterocycles. The molecule has 0 aliphatic carbocycles. The molecule has 88 valence electrons. The molecule has 0 radical (unpaired) electrons. The minimum absolute atomic E-state index is 0.175. The van der Waals surface area contributed by atoms with Crippen LogP contribution in [0.15, 0.2) is 28.8 Å². The van der Waals surface area contributed by atoms with Gasteiger partial charge in [-0.3, -0.25) is 0 Å². The molecule has 1 aromatic heterocycles. The van der Waals surface area contributed by atoms with Crippen LogP contribution in [0.2, 0.25) is 0 Å². The van der Waals surface area contributed by atoms with Crippen LogP contribution in [0, 0.1) is 0 Å². The SMILES string of the molecule is COCc1noc(-c2cccc(C(=O)O)c2)n1. The number of rotatable bonds is 4. The predicted octanol–water partition coefficient (Wildman–Crippen LogP) is 1.58. The van der Waals surface area contributed by atoms with E-state index < -0.39 is 5.97 Å². The highest BCUT2D eigenvalue weighted by Crippen LogP contribution is 2.18. The number of hydrogen-bond donors (Lipinski definition) is 1. The Kier molecular flexibility index (Phi) is 3.15. The molecule has 0 bridgehead atoms. The molecule has 0 amide bonds. The van der Waals surface area contributed by atoms with Crippen LogP contribution >= 0.6 is 0 Å². The number of aromatic carboxylic acids is 1. The summed E-state index contributed by atoms with van der Waals surface area (Å²) in [6.07, 6.45) is 0. The van der Waals surface area contributed by atoms with Crippen LogP contribution in [-0.4, -0.2) is 28.3 Å². The summed E-state index contributed by atoms with van der Waals surface area (Å²) in [6.45, 7) is 0.252. The minimum atomic E-state index is -0.997. The van der Waals surface area contributed by atoms with Gasteiger partial charge in [0, 0.05) is 12.7 Å². The molecular formula is C11H10N2O4. The number of nitrogens with zero attached hydrogens (tertiary/aromatic N) is 2. The van der Waals surface area contributed by atoms with Gasteiger partial charge >= 0.3 is 5.97 Å². The van der Waals surface area contributed by atoms with Crippen LogP contribution in [0.25, 0.3) is 11.5 Å². The van der Waals surface area contributed by atoms with Crippen LogP contribution in [-0.2, 0) is 11.3 Å². The van der Waals surface area contributed by atoms with E-state index >= 15 is 0 Å². The van der Waals surface area contributed by atoms with Gasteiger partial charge in [-0.05, 0) is 18.2 Å². The summed E-state index contributed by atoms with van der Waals surface area (Å²) in [4.78, 5) is 14.9. The Morgan fingerprint density at radius 2 is 2.35 bits per heavy atom. The van der Waals surface area contributed by atoms with Gasteiger partial charge in [0.25, 0.3) is 5.89 Å². The zero-order valence-electron chi connectivity index (χ0n) is 9.08. The molecule has 0 aliphatic heterocycles. The largest absolute Gasteiger partial charge is 0.478 e. The van der Waals surface area contributed by atoms with Gasteiger partial charge in [-0.2, -0.15) is 4.98 Å². The molecule has 2 aromatic rings. The quantitative estimate of drug-likeness (QED) is 0.864. The molecule has 0 spiro atoms. The first-order valence-electron chi connectivity index (χ1n) is 4.86. The highest BCUT2D eigenvalue weighted by molar-refractivity contribution is 5.88. The Morgan fingerprint density at radius 1 is 1.53 bits per heavy atom. The van der Waals surface area contributed by atoms with Gasteiger partial charge in [0.15, 0.2) is 5.82 Å². The second kappa shape index (κ2) is 4.75. The van der Waals surface area contributed by atoms with E-state index in [1.54, 1.807) is 12.1 Å². The number of carbonyl (C=O) groups is 1. The fourth-order valence-corrected chi connectivity index (χ4v) is 1.34.